The SMILES string of the molecule is CC(C)c1ccc(N(CC(=O)NCCCc2ccc(F)cc2)S(C)(=O)=O)cc1. The third-order valence-electron chi connectivity index (χ3n) is 4.41. The van der Waals surface area contributed by atoms with Gasteiger partial charge in [-0.3, -0.25) is 9.10 Å². The summed E-state index contributed by atoms with van der Waals surface area (Å²) in [6, 6.07) is 13.4. The number of nitrogens with zero attached hydrogens (tertiary/aromatic N) is 1. The largest absolute Gasteiger partial charge is 0.355 e. The third kappa shape index (κ3) is 6.64. The van der Waals surface area contributed by atoms with Gasteiger partial charge in [0.1, 0.15) is 12.4 Å². The summed E-state index contributed by atoms with van der Waals surface area (Å²) in [4.78, 5) is 12.2. The molecule has 2 rings (SSSR count). The molecule has 0 atom stereocenters. The minimum absolute atomic E-state index is 0.267. The van der Waals surface area contributed by atoms with Crippen molar-refractivity contribution in [2.45, 2.75) is 32.6 Å². The second-order valence-corrected chi connectivity index (χ2v) is 9.00. The fourth-order valence-corrected chi connectivity index (χ4v) is 3.64. The van der Waals surface area contributed by atoms with E-state index in [2.05, 4.69) is 19.2 Å². The minimum Gasteiger partial charge on any atom is -0.355 e. The predicted octanol–water partition coefficient (Wildman–Crippen LogP) is 3.46. The zero-order valence-electron chi connectivity index (χ0n) is 16.5. The highest BCUT2D eigenvalue weighted by Crippen LogP contribution is 2.21. The number of benzene rings is 2. The van der Waals surface area contributed by atoms with Crippen molar-refractivity contribution in [1.29, 1.82) is 0 Å². The number of carbonyl (C=O) groups excluding carboxylic acids is 1. The highest BCUT2D eigenvalue weighted by atomic mass is 32.2. The summed E-state index contributed by atoms with van der Waals surface area (Å²) in [5.74, 6) is -0.304. The summed E-state index contributed by atoms with van der Waals surface area (Å²) in [7, 11) is -3.59. The van der Waals surface area contributed by atoms with E-state index in [4.69, 9.17) is 0 Å². The number of amides is 1. The van der Waals surface area contributed by atoms with Gasteiger partial charge >= 0.3 is 0 Å². The number of carbonyl (C=O) groups is 1. The molecule has 0 bridgehead atoms. The standard InChI is InChI=1S/C21H27FN2O3S/c1-16(2)18-8-12-20(13-9-18)24(28(3,26)27)15-21(25)23-14-4-5-17-6-10-19(22)11-7-17/h6-13,16H,4-5,14-15H2,1-3H3,(H,23,25). The monoisotopic (exact) mass is 406 g/mol. The van der Waals surface area contributed by atoms with E-state index in [0.29, 0.717) is 31.0 Å². The van der Waals surface area contributed by atoms with Gasteiger partial charge in [-0.15, -0.1) is 0 Å². The van der Waals surface area contributed by atoms with Gasteiger partial charge in [0.05, 0.1) is 11.9 Å². The average Bonchev–Trinajstić information content (AvgIpc) is 2.64. The van der Waals surface area contributed by atoms with Crippen LogP contribution in [0.3, 0.4) is 0 Å². The van der Waals surface area contributed by atoms with E-state index in [1.54, 1.807) is 24.3 Å². The average molecular weight is 407 g/mol. The van der Waals surface area contributed by atoms with Crippen molar-refractivity contribution in [3.63, 3.8) is 0 Å². The number of rotatable bonds is 9. The first kappa shape index (κ1) is 21.9. The molecule has 0 radical (unpaired) electrons. The minimum atomic E-state index is -3.59. The topological polar surface area (TPSA) is 66.5 Å². The van der Waals surface area contributed by atoms with Crippen LogP contribution in [0.2, 0.25) is 0 Å². The molecule has 152 valence electrons. The van der Waals surface area contributed by atoms with Gasteiger partial charge in [0, 0.05) is 6.54 Å². The van der Waals surface area contributed by atoms with E-state index < -0.39 is 10.0 Å². The number of aryl methyl sites for hydroxylation is 1. The summed E-state index contributed by atoms with van der Waals surface area (Å²) in [5, 5.41) is 2.75. The molecule has 7 heteroatoms. The molecule has 2 aromatic rings. The maximum Gasteiger partial charge on any atom is 0.240 e. The molecule has 28 heavy (non-hydrogen) atoms. The smallest absolute Gasteiger partial charge is 0.240 e. The molecule has 1 amide bonds. The Labute approximate surface area is 166 Å². The van der Waals surface area contributed by atoms with E-state index >= 15 is 0 Å². The molecule has 0 heterocycles. The van der Waals surface area contributed by atoms with Crippen molar-refractivity contribution < 1.29 is 17.6 Å². The summed E-state index contributed by atoms with van der Waals surface area (Å²) in [5.41, 5.74) is 2.55. The lowest BCUT2D eigenvalue weighted by Crippen LogP contribution is -2.40. The maximum atomic E-state index is 12.9. The zero-order chi connectivity index (χ0) is 20.7. The summed E-state index contributed by atoms with van der Waals surface area (Å²) >= 11 is 0. The zero-order valence-corrected chi connectivity index (χ0v) is 17.3. The Hall–Kier alpha value is -2.41. The molecule has 0 aliphatic rings. The van der Waals surface area contributed by atoms with Crippen molar-refractivity contribution >= 4 is 21.6 Å². The van der Waals surface area contributed by atoms with Crippen molar-refractivity contribution in [3.05, 3.63) is 65.5 Å². The lowest BCUT2D eigenvalue weighted by Gasteiger charge is -2.22. The lowest BCUT2D eigenvalue weighted by atomic mass is 10.0. The molecule has 0 fully saturated rings. The van der Waals surface area contributed by atoms with Crippen molar-refractivity contribution in [2.75, 3.05) is 23.7 Å². The molecule has 0 spiro atoms. The van der Waals surface area contributed by atoms with Gasteiger partial charge in [0.2, 0.25) is 15.9 Å². The Morgan fingerprint density at radius 3 is 2.21 bits per heavy atom. The van der Waals surface area contributed by atoms with Crippen LogP contribution in [0, 0.1) is 5.82 Å². The Morgan fingerprint density at radius 1 is 1.07 bits per heavy atom. The van der Waals surface area contributed by atoms with Gasteiger partial charge in [-0.05, 0) is 54.2 Å². The van der Waals surface area contributed by atoms with E-state index in [1.807, 2.05) is 12.1 Å². The number of halogens is 1. The number of anilines is 1. The van der Waals surface area contributed by atoms with Gasteiger partial charge < -0.3 is 5.32 Å². The fourth-order valence-electron chi connectivity index (χ4n) is 2.78. The van der Waals surface area contributed by atoms with Crippen LogP contribution in [-0.4, -0.2) is 33.7 Å². The number of hydrogen-bond acceptors (Lipinski definition) is 3. The summed E-state index contributed by atoms with van der Waals surface area (Å²) in [6.07, 6.45) is 2.47. The van der Waals surface area contributed by atoms with Crippen LogP contribution >= 0.6 is 0 Å². The van der Waals surface area contributed by atoms with E-state index in [0.717, 1.165) is 21.7 Å². The maximum absolute atomic E-state index is 12.9. The molecule has 0 saturated heterocycles. The van der Waals surface area contributed by atoms with E-state index in [-0.39, 0.29) is 18.3 Å². The molecule has 0 saturated carbocycles. The van der Waals surface area contributed by atoms with E-state index in [1.165, 1.54) is 12.1 Å². The fraction of sp³-hybridized carbons (Fsp3) is 0.381. The van der Waals surface area contributed by atoms with Crippen LogP contribution < -0.4 is 9.62 Å². The Morgan fingerprint density at radius 2 is 1.68 bits per heavy atom. The van der Waals surface area contributed by atoms with Crippen LogP contribution in [-0.2, 0) is 21.2 Å². The van der Waals surface area contributed by atoms with Crippen LogP contribution in [0.25, 0.3) is 0 Å². The summed E-state index contributed by atoms with van der Waals surface area (Å²) in [6.45, 7) is 4.27. The number of hydrogen-bond donors (Lipinski definition) is 1. The Bertz CT molecular complexity index is 879. The first-order chi connectivity index (χ1) is 13.2. The van der Waals surface area contributed by atoms with Gasteiger partial charge in [-0.25, -0.2) is 12.8 Å². The van der Waals surface area contributed by atoms with Crippen molar-refractivity contribution in [3.8, 4) is 0 Å². The normalized spacial score (nSPS) is 11.5. The Balaban J connectivity index is 1.91. The molecular weight excluding hydrogens is 379 g/mol. The first-order valence-corrected chi connectivity index (χ1v) is 11.1. The summed E-state index contributed by atoms with van der Waals surface area (Å²) < 4.78 is 38.3. The molecule has 5 nitrogen and oxygen atoms in total. The number of sulfonamides is 1. The molecule has 0 aromatic heterocycles. The number of nitrogens with one attached hydrogen (secondary N) is 1. The molecular formula is C21H27FN2O3S. The van der Waals surface area contributed by atoms with Crippen molar-refractivity contribution in [1.82, 2.24) is 5.32 Å². The predicted molar refractivity (Wildman–Crippen MR) is 110 cm³/mol. The third-order valence-corrected chi connectivity index (χ3v) is 5.55. The van der Waals surface area contributed by atoms with Crippen molar-refractivity contribution in [2.24, 2.45) is 0 Å². The van der Waals surface area contributed by atoms with Gasteiger partial charge in [0.15, 0.2) is 0 Å². The highest BCUT2D eigenvalue weighted by molar-refractivity contribution is 7.92. The molecule has 0 aliphatic heterocycles. The molecule has 2 aromatic carbocycles. The molecule has 0 unspecified atom stereocenters. The van der Waals surface area contributed by atoms with Crippen LogP contribution in [0.1, 0.15) is 37.3 Å². The van der Waals surface area contributed by atoms with Crippen LogP contribution in [0.5, 0.6) is 0 Å². The van der Waals surface area contributed by atoms with E-state index in [9.17, 15) is 17.6 Å². The molecule has 1 N–H and O–H groups in total. The van der Waals surface area contributed by atoms with Gasteiger partial charge in [-0.1, -0.05) is 38.1 Å². The molecule has 0 aliphatic carbocycles. The van der Waals surface area contributed by atoms with Crippen LogP contribution in [0.4, 0.5) is 10.1 Å². The second-order valence-electron chi connectivity index (χ2n) is 7.10. The van der Waals surface area contributed by atoms with Crippen LogP contribution in [0.15, 0.2) is 48.5 Å². The lowest BCUT2D eigenvalue weighted by molar-refractivity contribution is -0.119. The highest BCUT2D eigenvalue weighted by Gasteiger charge is 2.20. The quantitative estimate of drug-likeness (QED) is 0.649. The second kappa shape index (κ2) is 9.68. The van der Waals surface area contributed by atoms with Gasteiger partial charge in [-0.2, -0.15) is 0 Å². The Kier molecular flexibility index (Phi) is 7.57. The van der Waals surface area contributed by atoms with Gasteiger partial charge in [0.25, 0.3) is 0 Å². The first-order valence-electron chi connectivity index (χ1n) is 9.25.